The van der Waals surface area contributed by atoms with E-state index in [1.54, 1.807) is 25.1 Å². The quantitative estimate of drug-likeness (QED) is 0.391. The van der Waals surface area contributed by atoms with Crippen LogP contribution in [0.2, 0.25) is 0 Å². The van der Waals surface area contributed by atoms with Gasteiger partial charge in [0.25, 0.3) is 0 Å². The summed E-state index contributed by atoms with van der Waals surface area (Å²) in [7, 11) is 0. The molecule has 0 aliphatic heterocycles. The molecule has 0 saturated carbocycles. The second kappa shape index (κ2) is 10.4. The van der Waals surface area contributed by atoms with Gasteiger partial charge in [0, 0.05) is 17.1 Å². The number of thioether (sulfide) groups is 2. The summed E-state index contributed by atoms with van der Waals surface area (Å²) in [5, 5.41) is 10.8. The van der Waals surface area contributed by atoms with E-state index in [1.165, 1.54) is 40.9 Å². The number of rotatable bonds is 9. The van der Waals surface area contributed by atoms with Gasteiger partial charge in [-0.05, 0) is 19.1 Å². The molecule has 0 radical (unpaired) electrons. The van der Waals surface area contributed by atoms with Gasteiger partial charge in [-0.15, -0.1) is 22.0 Å². The van der Waals surface area contributed by atoms with Crippen LogP contribution in [0.25, 0.3) is 0 Å². The summed E-state index contributed by atoms with van der Waals surface area (Å²) in [6.45, 7) is 2.08. The predicted octanol–water partition coefficient (Wildman–Crippen LogP) is 3.45. The number of aromatic nitrogens is 2. The number of ether oxygens (including phenoxy) is 1. The fourth-order valence-corrected chi connectivity index (χ4v) is 4.09. The normalized spacial score (nSPS) is 10.5. The molecule has 0 fully saturated rings. The Labute approximate surface area is 156 Å². The molecule has 2 aromatic rings. The molecule has 0 unspecified atom stereocenters. The second-order valence-corrected chi connectivity index (χ2v) is 7.88. The monoisotopic (exact) mass is 401 g/mol. The topological polar surface area (TPSA) is 81.2 Å². The van der Waals surface area contributed by atoms with Crippen LogP contribution in [0.15, 0.2) is 33.5 Å². The third-order valence-electron chi connectivity index (χ3n) is 2.69. The van der Waals surface area contributed by atoms with E-state index >= 15 is 0 Å². The third-order valence-corrected chi connectivity index (χ3v) is 5.69. The highest BCUT2D eigenvalue weighted by Gasteiger charge is 2.11. The first-order chi connectivity index (χ1) is 12.1. The minimum Gasteiger partial charge on any atom is -0.465 e. The maximum Gasteiger partial charge on any atom is 0.316 e. The van der Waals surface area contributed by atoms with E-state index in [4.69, 9.17) is 4.74 Å². The molecule has 0 spiro atoms. The number of amides is 1. The largest absolute Gasteiger partial charge is 0.465 e. The van der Waals surface area contributed by atoms with Gasteiger partial charge in [-0.25, -0.2) is 4.39 Å². The molecule has 1 heterocycles. The molecule has 2 rings (SSSR count). The fourth-order valence-electron chi connectivity index (χ4n) is 1.64. The molecule has 1 aromatic carbocycles. The number of hydrogen-bond donors (Lipinski definition) is 1. The number of hydrogen-bond acceptors (Lipinski definition) is 8. The van der Waals surface area contributed by atoms with E-state index in [0.717, 1.165) is 0 Å². The van der Waals surface area contributed by atoms with Crippen LogP contribution in [-0.4, -0.2) is 40.2 Å². The molecule has 1 N–H and O–H groups in total. The number of esters is 1. The molecule has 1 aromatic heterocycles. The van der Waals surface area contributed by atoms with E-state index in [9.17, 15) is 14.0 Å². The zero-order valence-electron chi connectivity index (χ0n) is 13.4. The average molecular weight is 402 g/mol. The number of carbonyl (C=O) groups is 2. The molecule has 0 bridgehead atoms. The first kappa shape index (κ1) is 19.7. The Morgan fingerprint density at radius 3 is 2.84 bits per heavy atom. The first-order valence-corrected chi connectivity index (χ1v) is 10.2. The molecular formula is C15H16FN3O3S3. The van der Waals surface area contributed by atoms with E-state index in [0.29, 0.717) is 26.7 Å². The lowest BCUT2D eigenvalue weighted by atomic mass is 10.3. The zero-order valence-corrected chi connectivity index (χ0v) is 15.8. The van der Waals surface area contributed by atoms with Crippen LogP contribution in [-0.2, 0) is 14.3 Å². The van der Waals surface area contributed by atoms with Crippen LogP contribution in [0.1, 0.15) is 13.3 Å². The Hall–Kier alpha value is -1.65. The minimum atomic E-state index is -0.321. The Kier molecular flexibility index (Phi) is 8.16. The summed E-state index contributed by atoms with van der Waals surface area (Å²) in [5.41, 5.74) is 0. The molecular weight excluding hydrogens is 385 g/mol. The van der Waals surface area contributed by atoms with Gasteiger partial charge < -0.3 is 10.1 Å². The van der Waals surface area contributed by atoms with E-state index in [-0.39, 0.29) is 29.9 Å². The lowest BCUT2D eigenvalue weighted by Crippen LogP contribution is -2.12. The van der Waals surface area contributed by atoms with Gasteiger partial charge in [-0.2, -0.15) is 0 Å². The Bertz CT molecular complexity index is 727. The van der Waals surface area contributed by atoms with Crippen molar-refractivity contribution in [1.29, 1.82) is 0 Å². The number of benzene rings is 1. The summed E-state index contributed by atoms with van der Waals surface area (Å²) >= 11 is 3.68. The molecule has 25 heavy (non-hydrogen) atoms. The standard InChI is InChI=1S/C15H16FN3O3S3/c1-2-22-13(21)9-24-15-19-18-14(25-15)17-12(20)7-8-23-11-6-4-3-5-10(11)16/h3-6H,2,7-9H2,1H3,(H,17,18,20). The van der Waals surface area contributed by atoms with E-state index < -0.39 is 0 Å². The summed E-state index contributed by atoms with van der Waals surface area (Å²) < 4.78 is 18.9. The average Bonchev–Trinajstić information content (AvgIpc) is 3.02. The maximum absolute atomic E-state index is 13.5. The second-order valence-electron chi connectivity index (χ2n) is 4.54. The molecule has 0 saturated heterocycles. The summed E-state index contributed by atoms with van der Waals surface area (Å²) in [5.74, 6) is -0.230. The molecule has 0 atom stereocenters. The zero-order chi connectivity index (χ0) is 18.1. The first-order valence-electron chi connectivity index (χ1n) is 7.37. The molecule has 6 nitrogen and oxygen atoms in total. The van der Waals surface area contributed by atoms with E-state index in [1.807, 2.05) is 0 Å². The molecule has 0 aliphatic rings. The van der Waals surface area contributed by atoms with Gasteiger partial charge in [0.15, 0.2) is 4.34 Å². The van der Waals surface area contributed by atoms with Crippen molar-refractivity contribution in [2.75, 3.05) is 23.4 Å². The SMILES string of the molecule is CCOC(=O)CSc1nnc(NC(=O)CCSc2ccccc2F)s1. The fraction of sp³-hybridized carbons (Fsp3) is 0.333. The number of carbonyl (C=O) groups excluding carboxylic acids is 2. The predicted molar refractivity (Wildman–Crippen MR) is 97.6 cm³/mol. The van der Waals surface area contributed by atoms with Crippen molar-refractivity contribution < 1.29 is 18.7 Å². The lowest BCUT2D eigenvalue weighted by Gasteiger charge is -2.03. The van der Waals surface area contributed by atoms with Crippen molar-refractivity contribution in [3.8, 4) is 0 Å². The van der Waals surface area contributed by atoms with Crippen molar-refractivity contribution in [2.24, 2.45) is 0 Å². The van der Waals surface area contributed by atoms with Gasteiger partial charge in [0.05, 0.1) is 12.4 Å². The highest BCUT2D eigenvalue weighted by Crippen LogP contribution is 2.26. The molecule has 134 valence electrons. The van der Waals surface area contributed by atoms with Crippen molar-refractivity contribution in [1.82, 2.24) is 10.2 Å². The maximum atomic E-state index is 13.5. The van der Waals surface area contributed by atoms with Crippen molar-refractivity contribution in [2.45, 2.75) is 22.6 Å². The summed E-state index contributed by atoms with van der Waals surface area (Å²) in [6.07, 6.45) is 0.226. The minimum absolute atomic E-state index is 0.149. The van der Waals surface area contributed by atoms with E-state index in [2.05, 4.69) is 15.5 Å². The Morgan fingerprint density at radius 1 is 1.28 bits per heavy atom. The van der Waals surface area contributed by atoms with Gasteiger partial charge in [0.2, 0.25) is 11.0 Å². The number of halogens is 1. The third kappa shape index (κ3) is 7.00. The van der Waals surface area contributed by atoms with Crippen LogP contribution in [0.5, 0.6) is 0 Å². The Balaban J connectivity index is 1.72. The van der Waals surface area contributed by atoms with Crippen LogP contribution in [0.4, 0.5) is 9.52 Å². The van der Waals surface area contributed by atoms with Crippen molar-refractivity contribution in [3.63, 3.8) is 0 Å². The smallest absolute Gasteiger partial charge is 0.316 e. The molecule has 10 heteroatoms. The number of nitrogens with zero attached hydrogens (tertiary/aromatic N) is 2. The Morgan fingerprint density at radius 2 is 2.08 bits per heavy atom. The van der Waals surface area contributed by atoms with Crippen LogP contribution in [0, 0.1) is 5.82 Å². The molecule has 0 aliphatic carbocycles. The van der Waals surface area contributed by atoms with Crippen LogP contribution < -0.4 is 5.32 Å². The van der Waals surface area contributed by atoms with Crippen molar-refractivity contribution >= 4 is 51.9 Å². The van der Waals surface area contributed by atoms with Crippen molar-refractivity contribution in [3.05, 3.63) is 30.1 Å². The highest BCUT2D eigenvalue weighted by molar-refractivity contribution is 8.01. The molecule has 1 amide bonds. The van der Waals surface area contributed by atoms with Gasteiger partial charge >= 0.3 is 5.97 Å². The summed E-state index contributed by atoms with van der Waals surface area (Å²) in [6, 6.07) is 6.44. The number of anilines is 1. The van der Waals surface area contributed by atoms with Gasteiger partial charge in [0.1, 0.15) is 5.82 Å². The lowest BCUT2D eigenvalue weighted by molar-refractivity contribution is -0.139. The van der Waals surface area contributed by atoms with Crippen LogP contribution in [0.3, 0.4) is 0 Å². The summed E-state index contributed by atoms with van der Waals surface area (Å²) in [4.78, 5) is 23.7. The van der Waals surface area contributed by atoms with Gasteiger partial charge in [-0.3, -0.25) is 9.59 Å². The van der Waals surface area contributed by atoms with Crippen LogP contribution >= 0.6 is 34.9 Å². The highest BCUT2D eigenvalue weighted by atomic mass is 32.2. The number of nitrogens with one attached hydrogen (secondary N) is 1. The van der Waals surface area contributed by atoms with Gasteiger partial charge in [-0.1, -0.05) is 35.2 Å².